The predicted octanol–water partition coefficient (Wildman–Crippen LogP) is 8.41. The summed E-state index contributed by atoms with van der Waals surface area (Å²) in [5, 5.41) is 16.6. The van der Waals surface area contributed by atoms with E-state index in [9.17, 15) is 4.79 Å². The van der Waals surface area contributed by atoms with Crippen LogP contribution in [0.25, 0.3) is 32.7 Å². The van der Waals surface area contributed by atoms with E-state index in [1.54, 1.807) is 78.5 Å². The summed E-state index contributed by atoms with van der Waals surface area (Å²) < 4.78 is 54.9. The van der Waals surface area contributed by atoms with Crippen LogP contribution in [0.5, 0.6) is 17.2 Å². The number of fused-ring (bicyclic) bond motifs is 1. The molecule has 0 bridgehead atoms. The summed E-state index contributed by atoms with van der Waals surface area (Å²) >= 11 is 1.24. The number of rotatable bonds is 14. The maximum atomic E-state index is 15.6. The molecule has 7 aromatic rings. The molecule has 0 radical (unpaired) electrons. The molecule has 1 amide bonds. The highest BCUT2D eigenvalue weighted by atomic mass is 32.2. The van der Waals surface area contributed by atoms with Crippen molar-refractivity contribution < 1.29 is 32.2 Å². The van der Waals surface area contributed by atoms with Crippen molar-refractivity contribution in [2.24, 2.45) is 0 Å². The first kappa shape index (κ1) is 42.3. The van der Waals surface area contributed by atoms with Crippen molar-refractivity contribution in [2.75, 3.05) is 26.6 Å². The minimum Gasteiger partial charge on any atom is -0.497 e. The molecule has 0 aliphatic heterocycles. The number of carbonyl (C=O) groups is 1. The van der Waals surface area contributed by atoms with E-state index < -0.39 is 21.7 Å². The molecule has 7 rings (SSSR count). The van der Waals surface area contributed by atoms with Crippen molar-refractivity contribution in [1.29, 1.82) is 0 Å². The summed E-state index contributed by atoms with van der Waals surface area (Å²) in [6.07, 6.45) is 5.51. The lowest BCUT2D eigenvalue weighted by Crippen LogP contribution is -2.31. The van der Waals surface area contributed by atoms with Gasteiger partial charge in [-0.3, -0.25) is 5.32 Å². The normalized spacial score (nSPS) is 11.6. The maximum Gasteiger partial charge on any atom is 0.413 e. The number of terminal acetylenes is 1. The highest BCUT2D eigenvalue weighted by Gasteiger charge is 2.34. The molecule has 2 heterocycles. The highest BCUT2D eigenvalue weighted by Crippen LogP contribution is 2.43. The molecule has 1 N–H and O–H groups in total. The molecule has 0 saturated heterocycles. The van der Waals surface area contributed by atoms with Crippen molar-refractivity contribution in [1.82, 2.24) is 29.5 Å². The molecule has 16 heteroatoms. The summed E-state index contributed by atoms with van der Waals surface area (Å²) in [4.78, 5) is 18.8. The van der Waals surface area contributed by atoms with Crippen molar-refractivity contribution >= 4 is 42.8 Å². The summed E-state index contributed by atoms with van der Waals surface area (Å²) in [7, 11) is 0.210. The first-order chi connectivity index (χ1) is 29.3. The molecule has 0 aliphatic carbocycles. The van der Waals surface area contributed by atoms with Gasteiger partial charge in [-0.2, -0.15) is 9.10 Å². The van der Waals surface area contributed by atoms with Crippen LogP contribution in [-0.4, -0.2) is 70.9 Å². The van der Waals surface area contributed by atoms with Crippen LogP contribution < -0.4 is 19.5 Å². The van der Waals surface area contributed by atoms with E-state index in [0.717, 1.165) is 10.3 Å². The van der Waals surface area contributed by atoms with Gasteiger partial charge in [0.1, 0.15) is 27.7 Å². The fourth-order valence-electron chi connectivity index (χ4n) is 6.55. The number of methoxy groups -OCH3 is 3. The number of tetrazole rings is 1. The lowest BCUT2D eigenvalue weighted by atomic mass is 9.96. The number of hydrogen-bond donors (Lipinski definition) is 1. The predicted molar refractivity (Wildman–Crippen MR) is 234 cm³/mol. The number of para-hydroxylation sites is 1. The lowest BCUT2D eigenvalue weighted by Gasteiger charge is -2.25. The lowest BCUT2D eigenvalue weighted by molar-refractivity contribution is 0.0636. The Hall–Kier alpha value is -6.80. The van der Waals surface area contributed by atoms with Gasteiger partial charge in [0.2, 0.25) is 15.8 Å². The van der Waals surface area contributed by atoms with Crippen LogP contribution >= 0.6 is 11.3 Å². The first-order valence-corrected chi connectivity index (χ1v) is 21.2. The van der Waals surface area contributed by atoms with Crippen LogP contribution in [0.2, 0.25) is 0 Å². The van der Waals surface area contributed by atoms with Crippen LogP contribution in [0.15, 0.2) is 108 Å². The number of sulfonamides is 1. The molecule has 61 heavy (non-hydrogen) atoms. The Morgan fingerprint density at radius 2 is 1.38 bits per heavy atom. The molecule has 0 saturated carbocycles. The van der Waals surface area contributed by atoms with Gasteiger partial charge in [-0.1, -0.05) is 71.9 Å². The van der Waals surface area contributed by atoms with E-state index in [0.29, 0.717) is 50.2 Å². The zero-order chi connectivity index (χ0) is 43.3. The van der Waals surface area contributed by atoms with Gasteiger partial charge >= 0.3 is 6.09 Å². The van der Waals surface area contributed by atoms with Crippen molar-refractivity contribution in [2.45, 2.75) is 50.9 Å². The molecule has 312 valence electrons. The van der Waals surface area contributed by atoms with Crippen molar-refractivity contribution in [3.05, 3.63) is 125 Å². The zero-order valence-electron chi connectivity index (χ0n) is 34.4. The largest absolute Gasteiger partial charge is 0.497 e. The molecule has 14 nitrogen and oxygen atoms in total. The SMILES string of the molecule is C#Cc1ccc(-c2cccc3sc(NC(=O)OC(C)(C)C)nc23)c(-c2nnn(Cc3ccc(OC)cc3)n2)c1S(=O)(=O)N(Cc1ccc(OC)cc1)Cc1ccc(OC)cc1. The Kier molecular flexibility index (Phi) is 12.4. The molecular weight excluding hydrogens is 815 g/mol. The third-order valence-electron chi connectivity index (χ3n) is 9.42. The fourth-order valence-corrected chi connectivity index (χ4v) is 9.19. The molecular formula is C45H43N7O7S2. The number of thiazole rings is 1. The third kappa shape index (κ3) is 9.65. The third-order valence-corrected chi connectivity index (χ3v) is 12.2. The maximum absolute atomic E-state index is 15.6. The number of anilines is 1. The van der Waals surface area contributed by atoms with Crippen LogP contribution in [0.3, 0.4) is 0 Å². The Balaban J connectivity index is 1.42. The van der Waals surface area contributed by atoms with E-state index in [-0.39, 0.29) is 41.5 Å². The number of benzene rings is 5. The summed E-state index contributed by atoms with van der Waals surface area (Å²) in [6, 6.07) is 30.6. The van der Waals surface area contributed by atoms with Gasteiger partial charge in [-0.25, -0.2) is 18.2 Å². The van der Waals surface area contributed by atoms with Gasteiger partial charge in [0.25, 0.3) is 0 Å². The summed E-state index contributed by atoms with van der Waals surface area (Å²) in [6.45, 7) is 5.49. The number of nitrogens with zero attached hydrogens (tertiary/aromatic N) is 6. The molecule has 0 unspecified atom stereocenters. The number of nitrogens with one attached hydrogen (secondary N) is 1. The number of aromatic nitrogens is 5. The van der Waals surface area contributed by atoms with Crippen LogP contribution in [0, 0.1) is 12.3 Å². The molecule has 0 aliphatic rings. The van der Waals surface area contributed by atoms with Crippen LogP contribution in [-0.2, 0) is 34.4 Å². The second-order valence-electron chi connectivity index (χ2n) is 14.8. The molecule has 0 spiro atoms. The summed E-state index contributed by atoms with van der Waals surface area (Å²) in [5.74, 6) is 4.60. The molecule has 0 atom stereocenters. The first-order valence-electron chi connectivity index (χ1n) is 19.0. The van der Waals surface area contributed by atoms with Crippen LogP contribution in [0.1, 0.15) is 43.0 Å². The standard InChI is InChI=1S/C45H43N7O7S2/c1-8-32-18-25-36(37-10-9-11-38-40(37)46-43(60-38)47-44(53)59-45(2,3)4)39(42-48-50-52(49-42)28-31-16-23-35(58-7)24-17-31)41(32)61(54,55)51(26-29-12-19-33(56-5)20-13-29)27-30-14-21-34(57-6)22-15-30/h1,9-25H,26-28H2,2-7H3,(H,46,47,53). The second kappa shape index (κ2) is 17.8. The fraction of sp³-hybridized carbons (Fsp3) is 0.222. The summed E-state index contributed by atoms with van der Waals surface area (Å²) in [5.41, 5.74) is 3.24. The molecule has 5 aromatic carbocycles. The molecule has 2 aromatic heterocycles. The van der Waals surface area contributed by atoms with Crippen LogP contribution in [0.4, 0.5) is 9.93 Å². The van der Waals surface area contributed by atoms with E-state index in [4.69, 9.17) is 35.5 Å². The number of carbonyl (C=O) groups excluding carboxylic acids is 1. The minimum atomic E-state index is -4.51. The highest BCUT2D eigenvalue weighted by molar-refractivity contribution is 7.89. The molecule has 0 fully saturated rings. The Labute approximate surface area is 358 Å². The van der Waals surface area contributed by atoms with Gasteiger partial charge in [-0.05, 0) is 96.8 Å². The van der Waals surface area contributed by atoms with Crippen molar-refractivity contribution in [3.8, 4) is 52.1 Å². The zero-order valence-corrected chi connectivity index (χ0v) is 36.0. The van der Waals surface area contributed by atoms with Gasteiger partial charge in [0, 0.05) is 24.2 Å². The number of hydrogen-bond acceptors (Lipinski definition) is 12. The monoisotopic (exact) mass is 857 g/mol. The van der Waals surface area contributed by atoms with E-state index >= 15 is 8.42 Å². The van der Waals surface area contributed by atoms with E-state index in [2.05, 4.69) is 21.5 Å². The smallest absolute Gasteiger partial charge is 0.413 e. The van der Waals surface area contributed by atoms with Gasteiger partial charge < -0.3 is 18.9 Å². The number of ether oxygens (including phenoxy) is 4. The van der Waals surface area contributed by atoms with Crippen molar-refractivity contribution in [3.63, 3.8) is 0 Å². The Morgan fingerprint density at radius 1 is 0.803 bits per heavy atom. The van der Waals surface area contributed by atoms with Gasteiger partial charge in [0.05, 0.1) is 43.7 Å². The number of amides is 1. The average molecular weight is 858 g/mol. The topological polar surface area (TPSA) is 160 Å². The van der Waals surface area contributed by atoms with E-state index in [1.807, 2.05) is 66.7 Å². The van der Waals surface area contributed by atoms with E-state index in [1.165, 1.54) is 20.4 Å². The second-order valence-corrected chi connectivity index (χ2v) is 17.7. The Bertz CT molecular complexity index is 2780. The quantitative estimate of drug-likeness (QED) is 0.105. The minimum absolute atomic E-state index is 0.0207. The Morgan fingerprint density at radius 3 is 1.92 bits per heavy atom. The average Bonchev–Trinajstić information content (AvgIpc) is 3.89. The van der Waals surface area contributed by atoms with Gasteiger partial charge in [0.15, 0.2) is 5.13 Å². The van der Waals surface area contributed by atoms with Gasteiger partial charge in [-0.15, -0.1) is 16.6 Å².